The maximum atomic E-state index is 11.8. The fraction of sp³-hybridized carbons (Fsp3) is 0.600. The molecule has 0 bridgehead atoms. The SMILES string of the molecule is CCCNc1ccc(CN2CCCC2C(=O)NC)cn1. The van der Waals surface area contributed by atoms with Crippen molar-refractivity contribution in [2.24, 2.45) is 0 Å². The fourth-order valence-corrected chi connectivity index (χ4v) is 2.59. The van der Waals surface area contributed by atoms with Gasteiger partial charge in [-0.3, -0.25) is 9.69 Å². The molecule has 1 aromatic heterocycles. The van der Waals surface area contributed by atoms with Gasteiger partial charge in [-0.05, 0) is 37.4 Å². The van der Waals surface area contributed by atoms with E-state index in [0.29, 0.717) is 0 Å². The van der Waals surface area contributed by atoms with E-state index < -0.39 is 0 Å². The van der Waals surface area contributed by atoms with E-state index in [1.807, 2.05) is 12.3 Å². The molecule has 2 N–H and O–H groups in total. The molecule has 2 rings (SSSR count). The van der Waals surface area contributed by atoms with Gasteiger partial charge < -0.3 is 10.6 Å². The third-order valence-corrected chi connectivity index (χ3v) is 3.68. The van der Waals surface area contributed by atoms with Gasteiger partial charge in [-0.1, -0.05) is 13.0 Å². The number of amides is 1. The van der Waals surface area contributed by atoms with Crippen molar-refractivity contribution in [2.45, 2.75) is 38.8 Å². The molecule has 2 heterocycles. The first-order valence-corrected chi connectivity index (χ1v) is 7.39. The average molecular weight is 276 g/mol. The van der Waals surface area contributed by atoms with Gasteiger partial charge >= 0.3 is 0 Å². The highest BCUT2D eigenvalue weighted by Crippen LogP contribution is 2.20. The second kappa shape index (κ2) is 7.24. The summed E-state index contributed by atoms with van der Waals surface area (Å²) in [6.07, 6.45) is 5.02. The van der Waals surface area contributed by atoms with Gasteiger partial charge in [0.15, 0.2) is 0 Å². The number of likely N-dealkylation sites (tertiary alicyclic amines) is 1. The molecule has 1 atom stereocenters. The zero-order valence-corrected chi connectivity index (χ0v) is 12.4. The van der Waals surface area contributed by atoms with Crippen molar-refractivity contribution in [1.82, 2.24) is 15.2 Å². The summed E-state index contributed by atoms with van der Waals surface area (Å²) in [6, 6.07) is 4.11. The predicted octanol–water partition coefficient (Wildman–Crippen LogP) is 1.61. The lowest BCUT2D eigenvalue weighted by Crippen LogP contribution is -2.41. The highest BCUT2D eigenvalue weighted by molar-refractivity contribution is 5.81. The van der Waals surface area contributed by atoms with Crippen LogP contribution in [0, 0.1) is 0 Å². The molecule has 1 unspecified atom stereocenters. The fourth-order valence-electron chi connectivity index (χ4n) is 2.59. The molecule has 1 aromatic rings. The quantitative estimate of drug-likeness (QED) is 0.829. The number of anilines is 1. The van der Waals surface area contributed by atoms with E-state index in [0.717, 1.165) is 50.3 Å². The lowest BCUT2D eigenvalue weighted by Gasteiger charge is -2.22. The number of nitrogens with one attached hydrogen (secondary N) is 2. The number of pyridine rings is 1. The van der Waals surface area contributed by atoms with Crippen LogP contribution in [0.25, 0.3) is 0 Å². The monoisotopic (exact) mass is 276 g/mol. The molecule has 1 amide bonds. The van der Waals surface area contributed by atoms with Crippen molar-refractivity contribution in [3.05, 3.63) is 23.9 Å². The second-order valence-electron chi connectivity index (χ2n) is 5.22. The van der Waals surface area contributed by atoms with Gasteiger partial charge in [0.25, 0.3) is 0 Å². The summed E-state index contributed by atoms with van der Waals surface area (Å²) in [6.45, 7) is 4.85. The van der Waals surface area contributed by atoms with Gasteiger partial charge in [-0.15, -0.1) is 0 Å². The Morgan fingerprint density at radius 3 is 3.00 bits per heavy atom. The Labute approximate surface area is 120 Å². The Bertz CT molecular complexity index is 432. The first kappa shape index (κ1) is 14.8. The average Bonchev–Trinajstić information content (AvgIpc) is 2.94. The number of likely N-dealkylation sites (N-methyl/N-ethyl adjacent to an activating group) is 1. The van der Waals surface area contributed by atoms with Crippen LogP contribution < -0.4 is 10.6 Å². The van der Waals surface area contributed by atoms with Crippen molar-refractivity contribution in [3.8, 4) is 0 Å². The molecule has 0 aromatic carbocycles. The van der Waals surface area contributed by atoms with Gasteiger partial charge in [0.2, 0.25) is 5.91 Å². The van der Waals surface area contributed by atoms with E-state index >= 15 is 0 Å². The second-order valence-corrected chi connectivity index (χ2v) is 5.22. The van der Waals surface area contributed by atoms with Crippen molar-refractivity contribution in [2.75, 3.05) is 25.5 Å². The minimum absolute atomic E-state index is 0.0119. The van der Waals surface area contributed by atoms with E-state index in [2.05, 4.69) is 33.5 Å². The standard InChI is InChI=1S/C15H24N4O/c1-3-8-17-14-7-6-12(10-18-14)11-19-9-4-5-13(19)15(20)16-2/h6-7,10,13H,3-5,8-9,11H2,1-2H3,(H,16,20)(H,17,18). The van der Waals surface area contributed by atoms with E-state index in [-0.39, 0.29) is 11.9 Å². The Morgan fingerprint density at radius 2 is 2.35 bits per heavy atom. The topological polar surface area (TPSA) is 57.3 Å². The molecule has 0 spiro atoms. The predicted molar refractivity (Wildman–Crippen MR) is 80.5 cm³/mol. The van der Waals surface area contributed by atoms with Crippen molar-refractivity contribution >= 4 is 11.7 Å². The maximum Gasteiger partial charge on any atom is 0.237 e. The van der Waals surface area contributed by atoms with Gasteiger partial charge in [0, 0.05) is 26.3 Å². The molecule has 20 heavy (non-hydrogen) atoms. The first-order valence-electron chi connectivity index (χ1n) is 7.39. The lowest BCUT2D eigenvalue weighted by molar-refractivity contribution is -0.125. The molecule has 0 aliphatic carbocycles. The minimum atomic E-state index is 0.0119. The lowest BCUT2D eigenvalue weighted by atomic mass is 10.2. The molecule has 0 radical (unpaired) electrons. The number of carbonyl (C=O) groups is 1. The highest BCUT2D eigenvalue weighted by Gasteiger charge is 2.29. The van der Waals surface area contributed by atoms with Crippen molar-refractivity contribution in [1.29, 1.82) is 0 Å². The normalized spacial score (nSPS) is 19.0. The number of rotatable bonds is 6. The summed E-state index contributed by atoms with van der Waals surface area (Å²) in [5.74, 6) is 1.04. The van der Waals surface area contributed by atoms with Crippen LogP contribution in [0.4, 0.5) is 5.82 Å². The number of nitrogens with zero attached hydrogens (tertiary/aromatic N) is 2. The number of carbonyl (C=O) groups excluding carboxylic acids is 1. The number of hydrogen-bond acceptors (Lipinski definition) is 4. The first-order chi connectivity index (χ1) is 9.74. The minimum Gasteiger partial charge on any atom is -0.370 e. The highest BCUT2D eigenvalue weighted by atomic mass is 16.2. The van der Waals surface area contributed by atoms with Crippen LogP contribution in [0.2, 0.25) is 0 Å². The summed E-state index contributed by atoms with van der Waals surface area (Å²) in [5, 5.41) is 6.01. The van der Waals surface area contributed by atoms with Gasteiger partial charge in [0.05, 0.1) is 6.04 Å². The Balaban J connectivity index is 1.93. The molecule has 1 saturated heterocycles. The largest absolute Gasteiger partial charge is 0.370 e. The Hall–Kier alpha value is -1.62. The smallest absolute Gasteiger partial charge is 0.237 e. The van der Waals surface area contributed by atoms with Gasteiger partial charge in [-0.2, -0.15) is 0 Å². The zero-order valence-electron chi connectivity index (χ0n) is 12.4. The van der Waals surface area contributed by atoms with Gasteiger partial charge in [-0.25, -0.2) is 4.98 Å². The summed E-state index contributed by atoms with van der Waals surface area (Å²) in [7, 11) is 1.70. The maximum absolute atomic E-state index is 11.8. The molecule has 5 nitrogen and oxygen atoms in total. The van der Waals surface area contributed by atoms with Gasteiger partial charge in [0.1, 0.15) is 5.82 Å². The van der Waals surface area contributed by atoms with E-state index in [4.69, 9.17) is 0 Å². The summed E-state index contributed by atoms with van der Waals surface area (Å²) >= 11 is 0. The third kappa shape index (κ3) is 3.70. The van der Waals surface area contributed by atoms with Crippen molar-refractivity contribution in [3.63, 3.8) is 0 Å². The van der Waals surface area contributed by atoms with Crippen LogP contribution in [0.3, 0.4) is 0 Å². The van der Waals surface area contributed by atoms with Crippen LogP contribution in [0.1, 0.15) is 31.7 Å². The molecule has 5 heteroatoms. The molecule has 110 valence electrons. The summed E-state index contributed by atoms with van der Waals surface area (Å²) in [5.41, 5.74) is 1.16. The Kier molecular flexibility index (Phi) is 5.35. The van der Waals surface area contributed by atoms with Crippen LogP contribution in [0.5, 0.6) is 0 Å². The Morgan fingerprint density at radius 1 is 1.50 bits per heavy atom. The van der Waals surface area contributed by atoms with Crippen molar-refractivity contribution < 1.29 is 4.79 Å². The van der Waals surface area contributed by atoms with E-state index in [1.54, 1.807) is 7.05 Å². The van der Waals surface area contributed by atoms with Crippen LogP contribution in [-0.4, -0.2) is 42.0 Å². The number of hydrogen-bond donors (Lipinski definition) is 2. The summed E-state index contributed by atoms with van der Waals surface area (Å²) < 4.78 is 0. The summed E-state index contributed by atoms with van der Waals surface area (Å²) in [4.78, 5) is 18.4. The van der Waals surface area contributed by atoms with E-state index in [9.17, 15) is 4.79 Å². The van der Waals surface area contributed by atoms with Crippen LogP contribution in [-0.2, 0) is 11.3 Å². The zero-order chi connectivity index (χ0) is 14.4. The molecule has 0 saturated carbocycles. The molecule has 1 fully saturated rings. The molecular formula is C15H24N4O. The van der Waals surface area contributed by atoms with E-state index in [1.165, 1.54) is 0 Å². The number of aromatic nitrogens is 1. The molecule has 1 aliphatic heterocycles. The molecule has 1 aliphatic rings. The van der Waals surface area contributed by atoms with Crippen LogP contribution in [0.15, 0.2) is 18.3 Å². The van der Waals surface area contributed by atoms with Crippen LogP contribution >= 0.6 is 0 Å². The molecular weight excluding hydrogens is 252 g/mol. The third-order valence-electron chi connectivity index (χ3n) is 3.68.